The maximum Gasteiger partial charge on any atom is 0.340 e. The summed E-state index contributed by atoms with van der Waals surface area (Å²) in [6.07, 6.45) is 0. The molecule has 4 nitrogen and oxygen atoms in total. The van der Waals surface area contributed by atoms with E-state index in [4.69, 9.17) is 4.74 Å². The van der Waals surface area contributed by atoms with Crippen LogP contribution in [0.15, 0.2) is 18.2 Å². The SMILES string of the molecule is CCOC(=O)c1c(C)[nH]c2cccc(O)c12. The molecule has 0 bridgehead atoms. The number of rotatable bonds is 2. The summed E-state index contributed by atoms with van der Waals surface area (Å²) in [7, 11) is 0. The molecule has 84 valence electrons. The molecule has 0 aliphatic rings. The average Bonchev–Trinajstić information content (AvgIpc) is 2.56. The van der Waals surface area contributed by atoms with Gasteiger partial charge in [0.25, 0.3) is 0 Å². The zero-order valence-corrected chi connectivity index (χ0v) is 9.20. The molecule has 0 aliphatic carbocycles. The Morgan fingerprint density at radius 3 is 2.94 bits per heavy atom. The molecule has 2 rings (SSSR count). The van der Waals surface area contributed by atoms with Crippen molar-refractivity contribution in [2.24, 2.45) is 0 Å². The smallest absolute Gasteiger partial charge is 0.340 e. The Kier molecular flexibility index (Phi) is 2.56. The molecule has 16 heavy (non-hydrogen) atoms. The van der Waals surface area contributed by atoms with E-state index in [9.17, 15) is 9.90 Å². The third kappa shape index (κ3) is 1.52. The first-order valence-electron chi connectivity index (χ1n) is 5.12. The standard InChI is InChI=1S/C12H13NO3/c1-3-16-12(15)10-7(2)13-8-5-4-6-9(14)11(8)10/h4-6,13-14H,3H2,1-2H3. The summed E-state index contributed by atoms with van der Waals surface area (Å²) in [4.78, 5) is 14.8. The Labute approximate surface area is 92.9 Å². The molecule has 1 aromatic heterocycles. The summed E-state index contributed by atoms with van der Waals surface area (Å²) in [5, 5.41) is 10.3. The number of phenols is 1. The van der Waals surface area contributed by atoms with Gasteiger partial charge in [0.1, 0.15) is 5.75 Å². The third-order valence-corrected chi connectivity index (χ3v) is 2.47. The number of fused-ring (bicyclic) bond motifs is 1. The van der Waals surface area contributed by atoms with Crippen molar-refractivity contribution < 1.29 is 14.6 Å². The van der Waals surface area contributed by atoms with E-state index in [1.807, 2.05) is 6.07 Å². The maximum atomic E-state index is 11.7. The predicted molar refractivity (Wildman–Crippen MR) is 60.7 cm³/mol. The molecule has 0 fully saturated rings. The minimum Gasteiger partial charge on any atom is -0.507 e. The fraction of sp³-hybridized carbons (Fsp3) is 0.250. The van der Waals surface area contributed by atoms with Crippen LogP contribution in [0.5, 0.6) is 5.75 Å². The molecule has 1 heterocycles. The summed E-state index contributed by atoms with van der Waals surface area (Å²) < 4.78 is 4.96. The normalized spacial score (nSPS) is 10.6. The van der Waals surface area contributed by atoms with E-state index in [2.05, 4.69) is 4.98 Å². The number of carbonyl (C=O) groups is 1. The summed E-state index contributed by atoms with van der Waals surface area (Å²) in [5.41, 5.74) is 1.85. The zero-order valence-electron chi connectivity index (χ0n) is 9.20. The number of aromatic amines is 1. The topological polar surface area (TPSA) is 62.3 Å². The monoisotopic (exact) mass is 219 g/mol. The van der Waals surface area contributed by atoms with Crippen molar-refractivity contribution in [3.63, 3.8) is 0 Å². The van der Waals surface area contributed by atoms with Crippen molar-refractivity contribution in [1.82, 2.24) is 4.98 Å². The van der Waals surface area contributed by atoms with Crippen molar-refractivity contribution in [3.05, 3.63) is 29.5 Å². The number of hydrogen-bond acceptors (Lipinski definition) is 3. The van der Waals surface area contributed by atoms with Gasteiger partial charge in [0, 0.05) is 5.69 Å². The molecule has 0 radical (unpaired) electrons. The Balaban J connectivity index is 2.68. The number of aryl methyl sites for hydroxylation is 1. The second-order valence-electron chi connectivity index (χ2n) is 3.55. The van der Waals surface area contributed by atoms with Crippen LogP contribution in [0.25, 0.3) is 10.9 Å². The highest BCUT2D eigenvalue weighted by molar-refractivity contribution is 6.07. The minimum atomic E-state index is -0.409. The van der Waals surface area contributed by atoms with Gasteiger partial charge in [-0.05, 0) is 26.0 Å². The highest BCUT2D eigenvalue weighted by Gasteiger charge is 2.19. The largest absolute Gasteiger partial charge is 0.507 e. The van der Waals surface area contributed by atoms with Crippen LogP contribution in [0, 0.1) is 6.92 Å². The first-order chi connectivity index (χ1) is 7.65. The lowest BCUT2D eigenvalue weighted by Crippen LogP contribution is -2.05. The van der Waals surface area contributed by atoms with Gasteiger partial charge < -0.3 is 14.8 Å². The first-order valence-corrected chi connectivity index (χ1v) is 5.12. The van der Waals surface area contributed by atoms with E-state index >= 15 is 0 Å². The average molecular weight is 219 g/mol. The lowest BCUT2D eigenvalue weighted by molar-refractivity contribution is 0.0527. The number of aromatic nitrogens is 1. The van der Waals surface area contributed by atoms with Crippen LogP contribution in [0.2, 0.25) is 0 Å². The van der Waals surface area contributed by atoms with Crippen LogP contribution in [0.3, 0.4) is 0 Å². The van der Waals surface area contributed by atoms with Gasteiger partial charge in [-0.1, -0.05) is 6.07 Å². The predicted octanol–water partition coefficient (Wildman–Crippen LogP) is 2.36. The molecule has 2 N–H and O–H groups in total. The van der Waals surface area contributed by atoms with Crippen LogP contribution in [-0.4, -0.2) is 22.7 Å². The molecule has 4 heteroatoms. The van der Waals surface area contributed by atoms with Gasteiger partial charge in [-0.25, -0.2) is 4.79 Å². The lowest BCUT2D eigenvalue weighted by atomic mass is 10.1. The number of hydrogen-bond donors (Lipinski definition) is 2. The van der Waals surface area contributed by atoms with Crippen LogP contribution >= 0.6 is 0 Å². The Morgan fingerprint density at radius 2 is 2.25 bits per heavy atom. The molecular formula is C12H13NO3. The molecule has 0 saturated heterocycles. The summed E-state index contributed by atoms with van der Waals surface area (Å²) >= 11 is 0. The van der Waals surface area contributed by atoms with Gasteiger partial charge in [-0.2, -0.15) is 0 Å². The van der Waals surface area contributed by atoms with Crippen molar-refractivity contribution in [2.75, 3.05) is 6.61 Å². The summed E-state index contributed by atoms with van der Waals surface area (Å²) in [5.74, 6) is -0.322. The van der Waals surface area contributed by atoms with Crippen LogP contribution in [0.1, 0.15) is 23.0 Å². The minimum absolute atomic E-state index is 0.0879. The summed E-state index contributed by atoms with van der Waals surface area (Å²) in [6, 6.07) is 5.09. The zero-order chi connectivity index (χ0) is 11.7. The van der Waals surface area contributed by atoms with Gasteiger partial charge in [0.15, 0.2) is 0 Å². The van der Waals surface area contributed by atoms with E-state index in [0.29, 0.717) is 23.3 Å². The van der Waals surface area contributed by atoms with Gasteiger partial charge in [0.2, 0.25) is 0 Å². The maximum absolute atomic E-state index is 11.7. The quantitative estimate of drug-likeness (QED) is 0.762. The number of ether oxygens (including phenoxy) is 1. The molecule has 0 aliphatic heterocycles. The lowest BCUT2D eigenvalue weighted by Gasteiger charge is -2.02. The fourth-order valence-corrected chi connectivity index (χ4v) is 1.82. The molecule has 0 saturated carbocycles. The molecule has 0 amide bonds. The number of esters is 1. The van der Waals surface area contributed by atoms with Gasteiger partial charge in [-0.15, -0.1) is 0 Å². The molecule has 0 atom stereocenters. The van der Waals surface area contributed by atoms with E-state index in [1.165, 1.54) is 0 Å². The van der Waals surface area contributed by atoms with E-state index in [0.717, 1.165) is 5.52 Å². The number of aromatic hydroxyl groups is 1. The van der Waals surface area contributed by atoms with E-state index < -0.39 is 5.97 Å². The van der Waals surface area contributed by atoms with E-state index in [-0.39, 0.29) is 5.75 Å². The van der Waals surface area contributed by atoms with Crippen molar-refractivity contribution in [1.29, 1.82) is 0 Å². The third-order valence-electron chi connectivity index (χ3n) is 2.47. The number of carbonyl (C=O) groups excluding carboxylic acids is 1. The second kappa shape index (κ2) is 3.89. The van der Waals surface area contributed by atoms with Crippen LogP contribution < -0.4 is 0 Å². The number of benzene rings is 1. The van der Waals surface area contributed by atoms with Gasteiger partial charge in [-0.3, -0.25) is 0 Å². The molecule has 1 aromatic carbocycles. The van der Waals surface area contributed by atoms with Crippen LogP contribution in [0.4, 0.5) is 0 Å². The molecular weight excluding hydrogens is 206 g/mol. The second-order valence-corrected chi connectivity index (χ2v) is 3.55. The molecule has 0 unspecified atom stereocenters. The Bertz CT molecular complexity index is 542. The Hall–Kier alpha value is -1.97. The van der Waals surface area contributed by atoms with E-state index in [1.54, 1.807) is 26.0 Å². The van der Waals surface area contributed by atoms with Gasteiger partial charge >= 0.3 is 5.97 Å². The number of H-pyrrole nitrogens is 1. The molecule has 2 aromatic rings. The number of phenolic OH excluding ortho intramolecular Hbond substituents is 1. The highest BCUT2D eigenvalue weighted by Crippen LogP contribution is 2.30. The first kappa shape index (κ1) is 10.5. The van der Waals surface area contributed by atoms with Crippen LogP contribution in [-0.2, 0) is 4.74 Å². The molecule has 0 spiro atoms. The van der Waals surface area contributed by atoms with Crippen molar-refractivity contribution in [2.45, 2.75) is 13.8 Å². The Morgan fingerprint density at radius 1 is 1.50 bits per heavy atom. The van der Waals surface area contributed by atoms with Gasteiger partial charge in [0.05, 0.1) is 23.1 Å². The fourth-order valence-electron chi connectivity index (χ4n) is 1.82. The number of nitrogens with one attached hydrogen (secondary N) is 1. The van der Waals surface area contributed by atoms with Crippen molar-refractivity contribution in [3.8, 4) is 5.75 Å². The highest BCUT2D eigenvalue weighted by atomic mass is 16.5. The summed E-state index contributed by atoms with van der Waals surface area (Å²) in [6.45, 7) is 3.85. The van der Waals surface area contributed by atoms with Crippen molar-refractivity contribution >= 4 is 16.9 Å².